The van der Waals surface area contributed by atoms with Crippen molar-refractivity contribution in [2.45, 2.75) is 45.2 Å². The molecule has 0 radical (unpaired) electrons. The molecule has 110 valence electrons. The molecule has 20 heavy (non-hydrogen) atoms. The number of nitrogens with one attached hydrogen (secondary N) is 1. The van der Waals surface area contributed by atoms with Crippen molar-refractivity contribution in [2.75, 3.05) is 6.54 Å². The van der Waals surface area contributed by atoms with Gasteiger partial charge < -0.3 is 10.2 Å². The number of likely N-dealkylation sites (tertiary alicyclic amines) is 1. The van der Waals surface area contributed by atoms with E-state index in [1.807, 2.05) is 38.1 Å². The fourth-order valence-electron chi connectivity index (χ4n) is 2.47. The highest BCUT2D eigenvalue weighted by Gasteiger charge is 2.31. The smallest absolute Gasteiger partial charge is 0.225 e. The molecule has 1 saturated heterocycles. The van der Waals surface area contributed by atoms with Crippen LogP contribution in [0.2, 0.25) is 0 Å². The Morgan fingerprint density at radius 1 is 1.55 bits per heavy atom. The first-order valence-electron chi connectivity index (χ1n) is 7.03. The van der Waals surface area contributed by atoms with Crippen molar-refractivity contribution in [3.63, 3.8) is 0 Å². The zero-order chi connectivity index (χ0) is 14.7. The van der Waals surface area contributed by atoms with Crippen LogP contribution in [-0.4, -0.2) is 45.1 Å². The third-order valence-corrected chi connectivity index (χ3v) is 3.52. The number of carbonyl (C=O) groups is 2. The van der Waals surface area contributed by atoms with Gasteiger partial charge in [0.1, 0.15) is 0 Å². The van der Waals surface area contributed by atoms with E-state index in [-0.39, 0.29) is 23.9 Å². The molecule has 0 saturated carbocycles. The predicted octanol–water partition coefficient (Wildman–Crippen LogP) is 0.478. The van der Waals surface area contributed by atoms with Crippen LogP contribution in [0.5, 0.6) is 0 Å². The summed E-state index contributed by atoms with van der Waals surface area (Å²) in [5.41, 5.74) is 0.911. The maximum absolute atomic E-state index is 11.9. The van der Waals surface area contributed by atoms with E-state index < -0.39 is 0 Å². The Morgan fingerprint density at radius 2 is 2.30 bits per heavy atom. The van der Waals surface area contributed by atoms with E-state index in [9.17, 15) is 9.59 Å². The maximum atomic E-state index is 11.9. The molecule has 0 aliphatic carbocycles. The van der Waals surface area contributed by atoms with Crippen molar-refractivity contribution in [1.29, 1.82) is 0 Å². The lowest BCUT2D eigenvalue weighted by molar-refractivity contribution is -0.129. The number of amides is 2. The molecule has 0 spiro atoms. The van der Waals surface area contributed by atoms with Crippen LogP contribution < -0.4 is 5.32 Å². The summed E-state index contributed by atoms with van der Waals surface area (Å²) in [5.74, 6) is 0.106. The molecule has 0 aromatic carbocycles. The molecule has 2 amide bonds. The van der Waals surface area contributed by atoms with Crippen molar-refractivity contribution >= 4 is 11.8 Å². The van der Waals surface area contributed by atoms with E-state index in [2.05, 4.69) is 10.4 Å². The summed E-state index contributed by atoms with van der Waals surface area (Å²) < 4.78 is 1.73. The lowest BCUT2D eigenvalue weighted by atomic mass is 10.2. The van der Waals surface area contributed by atoms with Gasteiger partial charge >= 0.3 is 0 Å². The summed E-state index contributed by atoms with van der Waals surface area (Å²) in [6.45, 7) is 4.60. The van der Waals surface area contributed by atoms with Gasteiger partial charge in [-0.2, -0.15) is 5.10 Å². The monoisotopic (exact) mass is 278 g/mol. The van der Waals surface area contributed by atoms with Gasteiger partial charge in [0.05, 0.1) is 11.7 Å². The minimum absolute atomic E-state index is 0.0148. The molecule has 1 aliphatic heterocycles. The van der Waals surface area contributed by atoms with Crippen molar-refractivity contribution in [3.05, 3.63) is 18.0 Å². The molecule has 1 atom stereocenters. The molecule has 1 fully saturated rings. The standard InChI is InChI=1S/C14H22N4O2/c1-10(2)18-9-12(8-14(18)20)15-13(19)5-4-11-6-7-17(3)16-11/h6-7,10,12H,4-5,8-9H2,1-3H3,(H,15,19). The van der Waals surface area contributed by atoms with Gasteiger partial charge in [-0.1, -0.05) is 0 Å². The van der Waals surface area contributed by atoms with E-state index in [1.54, 1.807) is 4.68 Å². The Bertz CT molecular complexity index is 495. The number of hydrogen-bond donors (Lipinski definition) is 1. The van der Waals surface area contributed by atoms with Crippen LogP contribution in [0, 0.1) is 0 Å². The number of aromatic nitrogens is 2. The fourth-order valence-corrected chi connectivity index (χ4v) is 2.47. The van der Waals surface area contributed by atoms with Gasteiger partial charge in [0.15, 0.2) is 0 Å². The second kappa shape index (κ2) is 6.07. The van der Waals surface area contributed by atoms with Crippen LogP contribution in [0.25, 0.3) is 0 Å². The van der Waals surface area contributed by atoms with E-state index in [4.69, 9.17) is 0 Å². The third-order valence-electron chi connectivity index (χ3n) is 3.52. The Kier molecular flexibility index (Phi) is 4.42. The topological polar surface area (TPSA) is 67.2 Å². The molecule has 0 bridgehead atoms. The van der Waals surface area contributed by atoms with E-state index in [0.717, 1.165) is 5.69 Å². The molecular formula is C14H22N4O2. The Hall–Kier alpha value is -1.85. The minimum atomic E-state index is -0.0545. The number of nitrogens with zero attached hydrogens (tertiary/aromatic N) is 3. The molecule has 1 aromatic rings. The zero-order valence-corrected chi connectivity index (χ0v) is 12.3. The van der Waals surface area contributed by atoms with E-state index >= 15 is 0 Å². The molecule has 2 rings (SSSR count). The van der Waals surface area contributed by atoms with Crippen LogP contribution in [0.15, 0.2) is 12.3 Å². The highest BCUT2D eigenvalue weighted by atomic mass is 16.2. The largest absolute Gasteiger partial charge is 0.351 e. The van der Waals surface area contributed by atoms with Crippen molar-refractivity contribution in [2.24, 2.45) is 7.05 Å². The van der Waals surface area contributed by atoms with Crippen molar-refractivity contribution < 1.29 is 9.59 Å². The van der Waals surface area contributed by atoms with Gasteiger partial charge in [-0.05, 0) is 19.9 Å². The van der Waals surface area contributed by atoms with Crippen LogP contribution in [0.3, 0.4) is 0 Å². The number of hydrogen-bond acceptors (Lipinski definition) is 3. The average molecular weight is 278 g/mol. The van der Waals surface area contributed by atoms with Crippen LogP contribution in [0.1, 0.15) is 32.4 Å². The first-order chi connectivity index (χ1) is 9.45. The predicted molar refractivity (Wildman–Crippen MR) is 74.9 cm³/mol. The van der Waals surface area contributed by atoms with Crippen LogP contribution >= 0.6 is 0 Å². The van der Waals surface area contributed by atoms with Crippen LogP contribution in [-0.2, 0) is 23.1 Å². The highest BCUT2D eigenvalue weighted by Crippen LogP contribution is 2.14. The summed E-state index contributed by atoms with van der Waals surface area (Å²) in [7, 11) is 1.86. The Balaban J connectivity index is 1.76. The quantitative estimate of drug-likeness (QED) is 0.852. The number of aryl methyl sites for hydroxylation is 2. The molecule has 2 heterocycles. The minimum Gasteiger partial charge on any atom is -0.351 e. The average Bonchev–Trinajstić information content (AvgIpc) is 2.93. The van der Waals surface area contributed by atoms with Gasteiger partial charge in [0.25, 0.3) is 0 Å². The normalized spacial score (nSPS) is 18.9. The van der Waals surface area contributed by atoms with Crippen molar-refractivity contribution in [1.82, 2.24) is 20.0 Å². The van der Waals surface area contributed by atoms with Gasteiger partial charge in [0.2, 0.25) is 11.8 Å². The van der Waals surface area contributed by atoms with Crippen molar-refractivity contribution in [3.8, 4) is 0 Å². The lowest BCUT2D eigenvalue weighted by Gasteiger charge is -2.21. The zero-order valence-electron chi connectivity index (χ0n) is 12.3. The highest BCUT2D eigenvalue weighted by molar-refractivity contribution is 5.82. The van der Waals surface area contributed by atoms with Gasteiger partial charge in [-0.3, -0.25) is 14.3 Å². The van der Waals surface area contributed by atoms with Crippen LogP contribution in [0.4, 0.5) is 0 Å². The number of carbonyl (C=O) groups excluding carboxylic acids is 2. The first kappa shape index (κ1) is 14.6. The molecule has 6 nitrogen and oxygen atoms in total. The second-order valence-electron chi connectivity index (χ2n) is 5.59. The summed E-state index contributed by atoms with van der Waals surface area (Å²) >= 11 is 0. The summed E-state index contributed by atoms with van der Waals surface area (Å²) in [5, 5.41) is 7.17. The Labute approximate surface area is 119 Å². The SMILES string of the molecule is CC(C)N1CC(NC(=O)CCc2ccn(C)n2)CC1=O. The molecule has 1 aliphatic rings. The molecule has 6 heteroatoms. The molecule has 1 unspecified atom stereocenters. The third kappa shape index (κ3) is 3.59. The molecular weight excluding hydrogens is 256 g/mol. The Morgan fingerprint density at radius 3 is 2.85 bits per heavy atom. The van der Waals surface area contributed by atoms with Gasteiger partial charge in [-0.15, -0.1) is 0 Å². The van der Waals surface area contributed by atoms with Gasteiger partial charge in [-0.25, -0.2) is 0 Å². The summed E-state index contributed by atoms with van der Waals surface area (Å²) in [6, 6.07) is 2.05. The summed E-state index contributed by atoms with van der Waals surface area (Å²) in [4.78, 5) is 25.4. The summed E-state index contributed by atoms with van der Waals surface area (Å²) in [6.07, 6.45) is 3.31. The lowest BCUT2D eigenvalue weighted by Crippen LogP contribution is -2.38. The maximum Gasteiger partial charge on any atom is 0.225 e. The molecule has 1 N–H and O–H groups in total. The fraction of sp³-hybridized carbons (Fsp3) is 0.643. The molecule has 1 aromatic heterocycles. The first-order valence-corrected chi connectivity index (χ1v) is 7.03. The second-order valence-corrected chi connectivity index (χ2v) is 5.59. The van der Waals surface area contributed by atoms with Gasteiger partial charge in [0, 0.05) is 45.1 Å². The van der Waals surface area contributed by atoms with E-state index in [1.165, 1.54) is 0 Å². The van der Waals surface area contributed by atoms with E-state index in [0.29, 0.717) is 25.8 Å². The number of rotatable bonds is 5.